The van der Waals surface area contributed by atoms with Gasteiger partial charge in [-0.05, 0) is 23.8 Å². The van der Waals surface area contributed by atoms with Crippen LogP contribution in [0.5, 0.6) is 0 Å². The highest BCUT2D eigenvalue weighted by Gasteiger charge is 2.33. The molecule has 160 valence electrons. The second-order valence-corrected chi connectivity index (χ2v) is 7.43. The van der Waals surface area contributed by atoms with Crippen molar-refractivity contribution in [3.8, 4) is 0 Å². The molecule has 0 saturated heterocycles. The van der Waals surface area contributed by atoms with Gasteiger partial charge in [0.25, 0.3) is 0 Å². The molecule has 0 radical (unpaired) electrons. The fraction of sp³-hybridized carbons (Fsp3) is 0.158. The molecule has 0 saturated carbocycles. The Morgan fingerprint density at radius 2 is 1.65 bits per heavy atom. The zero-order valence-corrected chi connectivity index (χ0v) is 16.1. The van der Waals surface area contributed by atoms with E-state index in [9.17, 15) is 26.3 Å². The summed E-state index contributed by atoms with van der Waals surface area (Å²) >= 11 is 1.10. The minimum Gasteiger partial charge on any atom is -0.323 e. The van der Waals surface area contributed by atoms with Gasteiger partial charge in [0.15, 0.2) is 5.82 Å². The lowest BCUT2D eigenvalue weighted by molar-refractivity contribution is -0.138. The third-order valence-corrected chi connectivity index (χ3v) is 5.20. The molecule has 4 rings (SSSR count). The van der Waals surface area contributed by atoms with Crippen LogP contribution in [0.3, 0.4) is 0 Å². The number of thiazole rings is 1. The van der Waals surface area contributed by atoms with Gasteiger partial charge >= 0.3 is 12.4 Å². The molecule has 0 fully saturated rings. The summed E-state index contributed by atoms with van der Waals surface area (Å²) in [6.45, 7) is 0. The number of anilines is 2. The Bertz CT molecular complexity index is 1220. The molecule has 0 atom stereocenters. The van der Waals surface area contributed by atoms with E-state index in [4.69, 9.17) is 0 Å². The van der Waals surface area contributed by atoms with Crippen molar-refractivity contribution < 1.29 is 26.3 Å². The number of benzene rings is 1. The molecule has 4 aromatic rings. The van der Waals surface area contributed by atoms with Crippen molar-refractivity contribution in [3.05, 3.63) is 70.6 Å². The summed E-state index contributed by atoms with van der Waals surface area (Å²) in [7, 11) is 0. The average molecular weight is 455 g/mol. The maximum atomic E-state index is 13.2. The lowest BCUT2D eigenvalue weighted by Crippen LogP contribution is -2.09. The summed E-state index contributed by atoms with van der Waals surface area (Å²) in [4.78, 5) is 16.6. The van der Waals surface area contributed by atoms with Crippen molar-refractivity contribution in [2.45, 2.75) is 18.8 Å². The quantitative estimate of drug-likeness (QED) is 0.391. The molecule has 3 heterocycles. The molecule has 0 bridgehead atoms. The number of pyridine rings is 1. The topological polar surface area (TPSA) is 63.6 Å². The number of alkyl halides is 6. The molecule has 0 unspecified atom stereocenters. The maximum absolute atomic E-state index is 13.2. The largest absolute Gasteiger partial charge is 0.417 e. The molecular formula is C19H11F6N5S. The van der Waals surface area contributed by atoms with Gasteiger partial charge in [0.2, 0.25) is 0 Å². The first kappa shape index (κ1) is 21.0. The molecular weight excluding hydrogens is 444 g/mol. The summed E-state index contributed by atoms with van der Waals surface area (Å²) in [6, 6.07) is 7.23. The summed E-state index contributed by atoms with van der Waals surface area (Å²) in [6.07, 6.45) is -7.16. The molecule has 3 aromatic heterocycles. The number of nitrogens with one attached hydrogen (secondary N) is 1. The number of aromatic nitrogens is 4. The van der Waals surface area contributed by atoms with Crippen LogP contribution < -0.4 is 5.32 Å². The van der Waals surface area contributed by atoms with Crippen molar-refractivity contribution in [1.29, 1.82) is 0 Å². The van der Waals surface area contributed by atoms with Gasteiger partial charge in [0.1, 0.15) is 27.5 Å². The summed E-state index contributed by atoms with van der Waals surface area (Å²) in [5.74, 6) is 0.286. The number of rotatable bonds is 4. The maximum Gasteiger partial charge on any atom is 0.417 e. The van der Waals surface area contributed by atoms with E-state index in [0.717, 1.165) is 29.5 Å². The van der Waals surface area contributed by atoms with E-state index in [-0.39, 0.29) is 29.1 Å². The predicted molar refractivity (Wildman–Crippen MR) is 102 cm³/mol. The van der Waals surface area contributed by atoms with E-state index < -0.39 is 23.5 Å². The van der Waals surface area contributed by atoms with Crippen LogP contribution in [-0.4, -0.2) is 19.9 Å². The van der Waals surface area contributed by atoms with E-state index in [1.807, 2.05) is 0 Å². The third kappa shape index (κ3) is 4.58. The summed E-state index contributed by atoms with van der Waals surface area (Å²) < 4.78 is 77.7. The van der Waals surface area contributed by atoms with E-state index in [1.165, 1.54) is 24.5 Å². The van der Waals surface area contributed by atoms with Crippen LogP contribution in [0, 0.1) is 0 Å². The average Bonchev–Trinajstić information content (AvgIpc) is 3.11. The van der Waals surface area contributed by atoms with Gasteiger partial charge in [-0.2, -0.15) is 26.3 Å². The Hall–Kier alpha value is -3.28. The minimum atomic E-state index is -4.51. The first-order valence-electron chi connectivity index (χ1n) is 8.67. The van der Waals surface area contributed by atoms with E-state index in [1.54, 1.807) is 0 Å². The van der Waals surface area contributed by atoms with Gasteiger partial charge in [0.05, 0.1) is 11.1 Å². The van der Waals surface area contributed by atoms with Crippen LogP contribution in [-0.2, 0) is 18.8 Å². The standard InChI is InChI=1S/C19H11F6N5S/c20-18(21,22)11-5-6-13(26-8-11)29-16-15-17(28-9-27-16)31-14(30-15)7-10-3-1-2-4-12(10)19(23,24)25/h1-6,8-9H,7H2,(H,26,27,28,29). The molecule has 0 aliphatic rings. The first-order chi connectivity index (χ1) is 14.6. The second-order valence-electron chi connectivity index (χ2n) is 6.37. The van der Waals surface area contributed by atoms with Crippen molar-refractivity contribution >= 4 is 33.3 Å². The molecule has 5 nitrogen and oxygen atoms in total. The molecule has 0 aliphatic carbocycles. The van der Waals surface area contributed by atoms with Crippen molar-refractivity contribution in [2.24, 2.45) is 0 Å². The number of nitrogens with zero attached hydrogens (tertiary/aromatic N) is 4. The smallest absolute Gasteiger partial charge is 0.323 e. The van der Waals surface area contributed by atoms with Crippen molar-refractivity contribution in [2.75, 3.05) is 5.32 Å². The number of hydrogen-bond donors (Lipinski definition) is 1. The van der Waals surface area contributed by atoms with Gasteiger partial charge in [0, 0.05) is 12.6 Å². The Kier molecular flexibility index (Phi) is 5.25. The number of fused-ring (bicyclic) bond motifs is 1. The molecule has 0 aliphatic heterocycles. The van der Waals surface area contributed by atoms with Gasteiger partial charge in [-0.15, -0.1) is 0 Å². The number of hydrogen-bond acceptors (Lipinski definition) is 6. The fourth-order valence-electron chi connectivity index (χ4n) is 2.84. The zero-order chi connectivity index (χ0) is 22.2. The highest BCUT2D eigenvalue weighted by Crippen LogP contribution is 2.34. The van der Waals surface area contributed by atoms with Crippen LogP contribution in [0.2, 0.25) is 0 Å². The molecule has 0 spiro atoms. The fourth-order valence-corrected chi connectivity index (χ4v) is 3.76. The summed E-state index contributed by atoms with van der Waals surface area (Å²) in [5.41, 5.74) is -1.28. The Morgan fingerprint density at radius 1 is 0.871 bits per heavy atom. The highest BCUT2D eigenvalue weighted by molar-refractivity contribution is 7.18. The molecule has 0 amide bonds. The SMILES string of the molecule is FC(F)(F)c1ccc(Nc2ncnc3sc(Cc4ccccc4C(F)(F)F)nc23)nc1. The molecule has 12 heteroatoms. The van der Waals surface area contributed by atoms with Gasteiger partial charge in [-0.1, -0.05) is 29.5 Å². The Morgan fingerprint density at radius 3 is 2.32 bits per heavy atom. The van der Waals surface area contributed by atoms with Gasteiger partial charge in [-0.25, -0.2) is 19.9 Å². The lowest BCUT2D eigenvalue weighted by Gasteiger charge is -2.11. The van der Waals surface area contributed by atoms with Crippen LogP contribution in [0.4, 0.5) is 38.0 Å². The van der Waals surface area contributed by atoms with Gasteiger partial charge in [-0.3, -0.25) is 0 Å². The molecule has 1 aromatic carbocycles. The highest BCUT2D eigenvalue weighted by atomic mass is 32.1. The minimum absolute atomic E-state index is 0.0608. The Labute approximate surface area is 174 Å². The lowest BCUT2D eigenvalue weighted by atomic mass is 10.0. The number of halogens is 6. The van der Waals surface area contributed by atoms with Crippen LogP contribution in [0.25, 0.3) is 10.3 Å². The Balaban J connectivity index is 1.63. The van der Waals surface area contributed by atoms with E-state index >= 15 is 0 Å². The van der Waals surface area contributed by atoms with Gasteiger partial charge < -0.3 is 5.32 Å². The van der Waals surface area contributed by atoms with Crippen LogP contribution in [0.1, 0.15) is 21.7 Å². The summed E-state index contributed by atoms with van der Waals surface area (Å²) in [5, 5.41) is 3.16. The zero-order valence-electron chi connectivity index (χ0n) is 15.3. The van der Waals surface area contributed by atoms with E-state index in [0.29, 0.717) is 16.0 Å². The third-order valence-electron chi connectivity index (χ3n) is 4.24. The van der Waals surface area contributed by atoms with Crippen molar-refractivity contribution in [3.63, 3.8) is 0 Å². The normalized spacial score (nSPS) is 12.3. The monoisotopic (exact) mass is 455 g/mol. The molecule has 31 heavy (non-hydrogen) atoms. The van der Waals surface area contributed by atoms with E-state index in [2.05, 4.69) is 25.3 Å². The van der Waals surface area contributed by atoms with Crippen LogP contribution in [0.15, 0.2) is 48.9 Å². The van der Waals surface area contributed by atoms with Crippen molar-refractivity contribution in [1.82, 2.24) is 19.9 Å². The molecule has 1 N–H and O–H groups in total. The first-order valence-corrected chi connectivity index (χ1v) is 9.49. The predicted octanol–water partition coefficient (Wildman–Crippen LogP) is 5.85. The second kappa shape index (κ2) is 7.76. The van der Waals surface area contributed by atoms with Crippen LogP contribution >= 0.6 is 11.3 Å².